The topological polar surface area (TPSA) is 81.7 Å². The predicted octanol–water partition coefficient (Wildman–Crippen LogP) is 1.42. The molecule has 1 fully saturated rings. The highest BCUT2D eigenvalue weighted by Gasteiger charge is 2.28. The SMILES string of the molecule is Cn1cnnc1C1CCN(C(=O)c2cn(-c3ccccc3)nn2)CC1. The normalized spacial score (nSPS) is 15.5. The van der Waals surface area contributed by atoms with Crippen molar-refractivity contribution in [2.75, 3.05) is 13.1 Å². The molecule has 0 N–H and O–H groups in total. The van der Waals surface area contributed by atoms with Gasteiger partial charge < -0.3 is 9.47 Å². The summed E-state index contributed by atoms with van der Waals surface area (Å²) in [5, 5.41) is 16.2. The number of hydrogen-bond acceptors (Lipinski definition) is 5. The monoisotopic (exact) mass is 337 g/mol. The first-order valence-electron chi connectivity index (χ1n) is 8.33. The molecule has 2 aromatic heterocycles. The smallest absolute Gasteiger partial charge is 0.276 e. The molecule has 0 aliphatic carbocycles. The van der Waals surface area contributed by atoms with Gasteiger partial charge in [-0.05, 0) is 25.0 Å². The summed E-state index contributed by atoms with van der Waals surface area (Å²) in [6, 6.07) is 9.64. The van der Waals surface area contributed by atoms with E-state index in [4.69, 9.17) is 0 Å². The first kappa shape index (κ1) is 15.5. The zero-order chi connectivity index (χ0) is 17.2. The number of aromatic nitrogens is 6. The van der Waals surface area contributed by atoms with E-state index >= 15 is 0 Å². The van der Waals surface area contributed by atoms with Gasteiger partial charge in [-0.25, -0.2) is 4.68 Å². The van der Waals surface area contributed by atoms with Crippen molar-refractivity contribution in [3.05, 3.63) is 54.4 Å². The lowest BCUT2D eigenvalue weighted by Crippen LogP contribution is -2.38. The molecule has 1 aromatic carbocycles. The van der Waals surface area contributed by atoms with Gasteiger partial charge >= 0.3 is 0 Å². The van der Waals surface area contributed by atoms with E-state index in [1.165, 1.54) is 0 Å². The third-order valence-electron chi connectivity index (χ3n) is 4.63. The minimum absolute atomic E-state index is 0.0707. The molecule has 0 radical (unpaired) electrons. The van der Waals surface area contributed by atoms with Crippen molar-refractivity contribution in [2.45, 2.75) is 18.8 Å². The first-order valence-corrected chi connectivity index (χ1v) is 8.33. The van der Waals surface area contributed by atoms with Crippen LogP contribution in [-0.4, -0.2) is 53.7 Å². The Labute approximate surface area is 145 Å². The van der Waals surface area contributed by atoms with Gasteiger partial charge in [-0.15, -0.1) is 15.3 Å². The van der Waals surface area contributed by atoms with E-state index in [9.17, 15) is 4.79 Å². The number of carbonyl (C=O) groups excluding carboxylic acids is 1. The molecule has 0 bridgehead atoms. The molecule has 3 aromatic rings. The molecule has 1 aliphatic rings. The number of amides is 1. The van der Waals surface area contributed by atoms with Crippen LogP contribution in [0.15, 0.2) is 42.9 Å². The zero-order valence-electron chi connectivity index (χ0n) is 14.0. The maximum atomic E-state index is 12.7. The Balaban J connectivity index is 1.43. The standard InChI is InChI=1S/C17H19N7O/c1-22-12-18-20-16(22)13-7-9-23(10-8-13)17(25)15-11-24(21-19-15)14-5-3-2-4-6-14/h2-6,11-13H,7-10H2,1H3. The molecule has 3 heterocycles. The number of carbonyl (C=O) groups is 1. The molecule has 25 heavy (non-hydrogen) atoms. The van der Waals surface area contributed by atoms with Gasteiger partial charge in [0, 0.05) is 26.1 Å². The number of hydrogen-bond donors (Lipinski definition) is 0. The predicted molar refractivity (Wildman–Crippen MR) is 90.2 cm³/mol. The van der Waals surface area contributed by atoms with Gasteiger partial charge in [0.25, 0.3) is 5.91 Å². The number of likely N-dealkylation sites (tertiary alicyclic amines) is 1. The molecule has 8 heteroatoms. The largest absolute Gasteiger partial charge is 0.337 e. The maximum Gasteiger partial charge on any atom is 0.276 e. The first-order chi connectivity index (χ1) is 12.2. The Hall–Kier alpha value is -3.03. The van der Waals surface area contributed by atoms with E-state index < -0.39 is 0 Å². The van der Waals surface area contributed by atoms with Crippen LogP contribution in [0.2, 0.25) is 0 Å². The fourth-order valence-corrected chi connectivity index (χ4v) is 3.23. The van der Waals surface area contributed by atoms with Crippen LogP contribution in [0.5, 0.6) is 0 Å². The van der Waals surface area contributed by atoms with Gasteiger partial charge in [0.2, 0.25) is 0 Å². The van der Waals surface area contributed by atoms with Crippen molar-refractivity contribution in [3.63, 3.8) is 0 Å². The fraction of sp³-hybridized carbons (Fsp3) is 0.353. The Bertz CT molecular complexity index is 862. The molecule has 4 rings (SSSR count). The number of benzene rings is 1. The second-order valence-electron chi connectivity index (χ2n) is 6.25. The fourth-order valence-electron chi connectivity index (χ4n) is 3.23. The van der Waals surface area contributed by atoms with Crippen molar-refractivity contribution >= 4 is 5.91 Å². The van der Waals surface area contributed by atoms with Crippen molar-refractivity contribution < 1.29 is 4.79 Å². The van der Waals surface area contributed by atoms with Gasteiger partial charge in [-0.3, -0.25) is 4.79 Å². The average molecular weight is 337 g/mol. The zero-order valence-corrected chi connectivity index (χ0v) is 14.0. The lowest BCUT2D eigenvalue weighted by molar-refractivity contribution is 0.0704. The third-order valence-corrected chi connectivity index (χ3v) is 4.63. The van der Waals surface area contributed by atoms with Crippen LogP contribution in [0.1, 0.15) is 35.1 Å². The second kappa shape index (κ2) is 6.46. The number of nitrogens with zero attached hydrogens (tertiary/aromatic N) is 7. The van der Waals surface area contributed by atoms with Crippen LogP contribution in [-0.2, 0) is 7.05 Å². The van der Waals surface area contributed by atoms with Gasteiger partial charge in [0.1, 0.15) is 12.2 Å². The molecule has 0 unspecified atom stereocenters. The number of piperidine rings is 1. The van der Waals surface area contributed by atoms with E-state index in [0.717, 1.165) is 24.4 Å². The molecule has 8 nitrogen and oxygen atoms in total. The van der Waals surface area contributed by atoms with Crippen molar-refractivity contribution in [2.24, 2.45) is 7.05 Å². The molecule has 1 saturated heterocycles. The number of aryl methyl sites for hydroxylation is 1. The maximum absolute atomic E-state index is 12.7. The number of para-hydroxylation sites is 1. The highest BCUT2D eigenvalue weighted by atomic mass is 16.2. The Morgan fingerprint density at radius 3 is 2.56 bits per heavy atom. The summed E-state index contributed by atoms with van der Waals surface area (Å²) in [4.78, 5) is 14.5. The highest BCUT2D eigenvalue weighted by molar-refractivity contribution is 5.92. The minimum Gasteiger partial charge on any atom is -0.337 e. The quantitative estimate of drug-likeness (QED) is 0.722. The summed E-state index contributed by atoms with van der Waals surface area (Å²) in [5.41, 5.74) is 1.26. The Kier molecular flexibility index (Phi) is 4.01. The summed E-state index contributed by atoms with van der Waals surface area (Å²) in [6.45, 7) is 1.38. The van der Waals surface area contributed by atoms with Crippen LogP contribution in [0.4, 0.5) is 0 Å². The average Bonchev–Trinajstić information content (AvgIpc) is 3.31. The van der Waals surface area contributed by atoms with E-state index in [1.54, 1.807) is 17.2 Å². The van der Waals surface area contributed by atoms with Gasteiger partial charge in [-0.1, -0.05) is 23.4 Å². The summed E-state index contributed by atoms with van der Waals surface area (Å²) in [5.74, 6) is 1.26. The summed E-state index contributed by atoms with van der Waals surface area (Å²) in [7, 11) is 1.95. The van der Waals surface area contributed by atoms with Crippen molar-refractivity contribution in [1.29, 1.82) is 0 Å². The summed E-state index contributed by atoms with van der Waals surface area (Å²) in [6.07, 6.45) is 5.16. The van der Waals surface area contributed by atoms with E-state index in [1.807, 2.05) is 46.8 Å². The third kappa shape index (κ3) is 3.02. The molecule has 128 valence electrons. The lowest BCUT2D eigenvalue weighted by atomic mass is 9.96. The molecule has 1 amide bonds. The van der Waals surface area contributed by atoms with Gasteiger partial charge in [0.15, 0.2) is 5.69 Å². The molecular formula is C17H19N7O. The van der Waals surface area contributed by atoms with E-state index in [-0.39, 0.29) is 5.91 Å². The van der Waals surface area contributed by atoms with Crippen molar-refractivity contribution in [3.8, 4) is 5.69 Å². The summed E-state index contributed by atoms with van der Waals surface area (Å²) < 4.78 is 3.58. The van der Waals surface area contributed by atoms with Crippen LogP contribution in [0, 0.1) is 0 Å². The minimum atomic E-state index is -0.0707. The number of rotatable bonds is 3. The molecular weight excluding hydrogens is 318 g/mol. The van der Waals surface area contributed by atoms with Crippen LogP contribution in [0.25, 0.3) is 5.69 Å². The molecule has 0 atom stereocenters. The second-order valence-corrected chi connectivity index (χ2v) is 6.25. The van der Waals surface area contributed by atoms with E-state index in [2.05, 4.69) is 20.5 Å². The Morgan fingerprint density at radius 1 is 1.12 bits per heavy atom. The molecule has 0 spiro atoms. The highest BCUT2D eigenvalue weighted by Crippen LogP contribution is 2.26. The van der Waals surface area contributed by atoms with Crippen molar-refractivity contribution in [1.82, 2.24) is 34.7 Å². The molecule has 1 aliphatic heterocycles. The van der Waals surface area contributed by atoms with Crippen LogP contribution >= 0.6 is 0 Å². The van der Waals surface area contributed by atoms with Gasteiger partial charge in [-0.2, -0.15) is 0 Å². The van der Waals surface area contributed by atoms with Gasteiger partial charge in [0.05, 0.1) is 11.9 Å². The van der Waals surface area contributed by atoms with E-state index in [0.29, 0.717) is 24.7 Å². The lowest BCUT2D eigenvalue weighted by Gasteiger charge is -2.30. The van der Waals surface area contributed by atoms with Crippen LogP contribution in [0.3, 0.4) is 0 Å². The molecule has 0 saturated carbocycles. The Morgan fingerprint density at radius 2 is 1.88 bits per heavy atom. The van der Waals surface area contributed by atoms with Crippen LogP contribution < -0.4 is 0 Å². The summed E-state index contributed by atoms with van der Waals surface area (Å²) >= 11 is 0.